The van der Waals surface area contributed by atoms with Crippen LogP contribution >= 0.6 is 0 Å². The van der Waals surface area contributed by atoms with Gasteiger partial charge in [0.05, 0.1) is 12.0 Å². The van der Waals surface area contributed by atoms with Crippen LogP contribution in [-0.2, 0) is 14.3 Å². The van der Waals surface area contributed by atoms with Crippen molar-refractivity contribution >= 4 is 5.97 Å². The SMILES string of the molecule is CCOCCOC(=O)C12CC3CC(CC(C3)C1)C2. The summed E-state index contributed by atoms with van der Waals surface area (Å²) in [4.78, 5) is 12.4. The van der Waals surface area contributed by atoms with Gasteiger partial charge in [-0.3, -0.25) is 4.79 Å². The van der Waals surface area contributed by atoms with Crippen molar-refractivity contribution in [3.8, 4) is 0 Å². The van der Waals surface area contributed by atoms with Gasteiger partial charge in [0.25, 0.3) is 0 Å². The summed E-state index contributed by atoms with van der Waals surface area (Å²) in [6.07, 6.45) is 7.37. The minimum Gasteiger partial charge on any atom is -0.463 e. The Morgan fingerprint density at radius 2 is 1.61 bits per heavy atom. The summed E-state index contributed by atoms with van der Waals surface area (Å²) in [6.45, 7) is 3.61. The molecule has 0 spiro atoms. The van der Waals surface area contributed by atoms with Gasteiger partial charge in [-0.2, -0.15) is 0 Å². The molecule has 0 N–H and O–H groups in total. The minimum atomic E-state index is -0.110. The summed E-state index contributed by atoms with van der Waals surface area (Å²) in [5.74, 6) is 2.48. The van der Waals surface area contributed by atoms with Crippen molar-refractivity contribution in [1.82, 2.24) is 0 Å². The Balaban J connectivity index is 1.59. The first-order valence-electron chi connectivity index (χ1n) is 7.47. The van der Waals surface area contributed by atoms with E-state index in [0.717, 1.165) is 37.0 Å². The number of carbonyl (C=O) groups is 1. The molecule has 0 aromatic carbocycles. The molecule has 18 heavy (non-hydrogen) atoms. The molecule has 4 bridgehead atoms. The number of carbonyl (C=O) groups excluding carboxylic acids is 1. The molecular formula is C15H24O3. The standard InChI is InChI=1S/C15H24O3/c1-2-17-3-4-18-14(16)15-8-11-5-12(9-15)7-13(6-11)10-15/h11-13H,2-10H2,1H3. The van der Waals surface area contributed by atoms with E-state index < -0.39 is 0 Å². The number of hydrogen-bond acceptors (Lipinski definition) is 3. The highest BCUT2D eigenvalue weighted by molar-refractivity contribution is 5.77. The first-order valence-corrected chi connectivity index (χ1v) is 7.47. The molecule has 0 amide bonds. The van der Waals surface area contributed by atoms with Gasteiger partial charge in [-0.15, -0.1) is 0 Å². The maximum absolute atomic E-state index is 12.4. The topological polar surface area (TPSA) is 35.5 Å². The summed E-state index contributed by atoms with van der Waals surface area (Å²) in [6, 6.07) is 0. The molecule has 102 valence electrons. The fourth-order valence-corrected chi connectivity index (χ4v) is 4.85. The fourth-order valence-electron chi connectivity index (χ4n) is 4.85. The Hall–Kier alpha value is -0.570. The lowest BCUT2D eigenvalue weighted by atomic mass is 9.49. The highest BCUT2D eigenvalue weighted by Gasteiger charge is 2.55. The van der Waals surface area contributed by atoms with Crippen molar-refractivity contribution in [2.45, 2.75) is 45.4 Å². The predicted octanol–water partition coefficient (Wildman–Crippen LogP) is 2.78. The van der Waals surface area contributed by atoms with E-state index in [1.54, 1.807) is 0 Å². The van der Waals surface area contributed by atoms with Crippen LogP contribution in [0.15, 0.2) is 0 Å². The second-order valence-corrected chi connectivity index (χ2v) is 6.53. The summed E-state index contributed by atoms with van der Waals surface area (Å²) in [5.41, 5.74) is -0.110. The Morgan fingerprint density at radius 3 is 2.11 bits per heavy atom. The van der Waals surface area contributed by atoms with Gasteiger partial charge in [-0.1, -0.05) is 0 Å². The molecule has 0 aromatic rings. The van der Waals surface area contributed by atoms with E-state index in [-0.39, 0.29) is 11.4 Å². The van der Waals surface area contributed by atoms with E-state index >= 15 is 0 Å². The van der Waals surface area contributed by atoms with Crippen molar-refractivity contribution in [2.24, 2.45) is 23.2 Å². The first-order chi connectivity index (χ1) is 8.72. The third-order valence-electron chi connectivity index (χ3n) is 5.14. The maximum atomic E-state index is 12.4. The fraction of sp³-hybridized carbons (Fsp3) is 0.933. The van der Waals surface area contributed by atoms with Crippen molar-refractivity contribution in [3.05, 3.63) is 0 Å². The van der Waals surface area contributed by atoms with E-state index in [1.165, 1.54) is 19.3 Å². The van der Waals surface area contributed by atoms with E-state index in [4.69, 9.17) is 9.47 Å². The van der Waals surface area contributed by atoms with Gasteiger partial charge in [0, 0.05) is 6.61 Å². The average Bonchev–Trinajstić information content (AvgIpc) is 2.32. The number of hydrogen-bond donors (Lipinski definition) is 0. The molecule has 0 saturated heterocycles. The predicted molar refractivity (Wildman–Crippen MR) is 68.1 cm³/mol. The molecule has 0 aromatic heterocycles. The van der Waals surface area contributed by atoms with Gasteiger partial charge in [-0.05, 0) is 63.2 Å². The zero-order valence-corrected chi connectivity index (χ0v) is 11.3. The number of esters is 1. The summed E-state index contributed by atoms with van der Waals surface area (Å²) in [7, 11) is 0. The zero-order chi connectivity index (χ0) is 12.6. The average molecular weight is 252 g/mol. The van der Waals surface area contributed by atoms with Crippen LogP contribution in [0.25, 0.3) is 0 Å². The van der Waals surface area contributed by atoms with E-state index in [2.05, 4.69) is 0 Å². The molecule has 0 unspecified atom stereocenters. The molecule has 3 nitrogen and oxygen atoms in total. The van der Waals surface area contributed by atoms with Crippen LogP contribution in [-0.4, -0.2) is 25.8 Å². The first kappa shape index (κ1) is 12.5. The molecule has 4 rings (SSSR count). The second kappa shape index (κ2) is 4.84. The van der Waals surface area contributed by atoms with Crippen LogP contribution in [0, 0.1) is 23.2 Å². The Bertz CT molecular complexity index is 288. The van der Waals surface area contributed by atoms with Crippen LogP contribution in [0.5, 0.6) is 0 Å². The van der Waals surface area contributed by atoms with Gasteiger partial charge >= 0.3 is 5.97 Å². The molecule has 0 atom stereocenters. The summed E-state index contributed by atoms with van der Waals surface area (Å²) in [5, 5.41) is 0. The molecule has 0 radical (unpaired) electrons. The van der Waals surface area contributed by atoms with Crippen LogP contribution in [0.1, 0.15) is 45.4 Å². The molecule has 4 saturated carbocycles. The van der Waals surface area contributed by atoms with Crippen LogP contribution in [0.4, 0.5) is 0 Å². The van der Waals surface area contributed by atoms with E-state index in [1.807, 2.05) is 6.92 Å². The van der Waals surface area contributed by atoms with Gasteiger partial charge in [0.1, 0.15) is 6.61 Å². The Morgan fingerprint density at radius 1 is 1.06 bits per heavy atom. The molecule has 0 aliphatic heterocycles. The summed E-state index contributed by atoms with van der Waals surface area (Å²) < 4.78 is 10.7. The van der Waals surface area contributed by atoms with Crippen LogP contribution in [0.2, 0.25) is 0 Å². The second-order valence-electron chi connectivity index (χ2n) is 6.53. The number of rotatable bonds is 5. The largest absolute Gasteiger partial charge is 0.463 e. The third-order valence-corrected chi connectivity index (χ3v) is 5.14. The molecular weight excluding hydrogens is 228 g/mol. The van der Waals surface area contributed by atoms with Crippen molar-refractivity contribution < 1.29 is 14.3 Å². The van der Waals surface area contributed by atoms with Gasteiger partial charge in [-0.25, -0.2) is 0 Å². The Kier molecular flexibility index (Phi) is 3.35. The van der Waals surface area contributed by atoms with E-state index in [9.17, 15) is 4.79 Å². The number of ether oxygens (including phenoxy) is 2. The van der Waals surface area contributed by atoms with Crippen molar-refractivity contribution in [2.75, 3.05) is 19.8 Å². The minimum absolute atomic E-state index is 0.0707. The lowest BCUT2D eigenvalue weighted by Crippen LogP contribution is -2.50. The summed E-state index contributed by atoms with van der Waals surface area (Å²) >= 11 is 0. The van der Waals surface area contributed by atoms with Gasteiger partial charge in [0.2, 0.25) is 0 Å². The molecule has 4 aliphatic rings. The maximum Gasteiger partial charge on any atom is 0.312 e. The highest BCUT2D eigenvalue weighted by Crippen LogP contribution is 2.60. The zero-order valence-electron chi connectivity index (χ0n) is 11.3. The molecule has 3 heteroatoms. The molecule has 4 aliphatic carbocycles. The molecule has 4 fully saturated rings. The smallest absolute Gasteiger partial charge is 0.312 e. The molecule has 0 heterocycles. The monoisotopic (exact) mass is 252 g/mol. The normalized spacial score (nSPS) is 41.1. The van der Waals surface area contributed by atoms with Crippen LogP contribution < -0.4 is 0 Å². The van der Waals surface area contributed by atoms with Crippen molar-refractivity contribution in [3.63, 3.8) is 0 Å². The van der Waals surface area contributed by atoms with E-state index in [0.29, 0.717) is 19.8 Å². The lowest BCUT2D eigenvalue weighted by Gasteiger charge is -2.55. The quantitative estimate of drug-likeness (QED) is 0.557. The highest BCUT2D eigenvalue weighted by atomic mass is 16.6. The Labute approximate surface area is 109 Å². The van der Waals surface area contributed by atoms with Crippen LogP contribution in [0.3, 0.4) is 0 Å². The van der Waals surface area contributed by atoms with Gasteiger partial charge < -0.3 is 9.47 Å². The van der Waals surface area contributed by atoms with Crippen molar-refractivity contribution in [1.29, 1.82) is 0 Å². The van der Waals surface area contributed by atoms with Gasteiger partial charge in [0.15, 0.2) is 0 Å². The lowest BCUT2D eigenvalue weighted by molar-refractivity contribution is -0.172. The third kappa shape index (κ3) is 2.18.